The van der Waals surface area contributed by atoms with Gasteiger partial charge < -0.3 is 14.3 Å². The molecule has 1 aromatic heterocycles. The highest BCUT2D eigenvalue weighted by Gasteiger charge is 2.15. The van der Waals surface area contributed by atoms with Gasteiger partial charge in [0.05, 0.1) is 18.2 Å². The van der Waals surface area contributed by atoms with E-state index in [4.69, 9.17) is 4.74 Å². The summed E-state index contributed by atoms with van der Waals surface area (Å²) >= 11 is 0. The quantitative estimate of drug-likeness (QED) is 0.461. The minimum atomic E-state index is -0.454. The third-order valence-corrected chi connectivity index (χ3v) is 2.94. The lowest BCUT2D eigenvalue weighted by atomic mass is 10.2. The molecule has 0 aliphatic carbocycles. The molecule has 0 spiro atoms. The van der Waals surface area contributed by atoms with Crippen LogP contribution in [0.1, 0.15) is 11.4 Å². The van der Waals surface area contributed by atoms with Crippen LogP contribution in [0.4, 0.5) is 5.69 Å². The maximum Gasteiger partial charge on any atom is 0.311 e. The van der Waals surface area contributed by atoms with Gasteiger partial charge in [0.2, 0.25) is 0 Å². The van der Waals surface area contributed by atoms with Crippen molar-refractivity contribution in [1.82, 2.24) is 14.6 Å². The van der Waals surface area contributed by atoms with E-state index in [2.05, 4.69) is 10.1 Å². The summed E-state index contributed by atoms with van der Waals surface area (Å²) in [6.07, 6.45) is 5.10. The molecule has 0 N–H and O–H groups in total. The molecule has 8 heteroatoms. The highest BCUT2D eigenvalue weighted by atomic mass is 16.6. The van der Waals surface area contributed by atoms with E-state index in [9.17, 15) is 10.1 Å². The van der Waals surface area contributed by atoms with Crippen LogP contribution < -0.4 is 4.74 Å². The number of hydrogen-bond donors (Lipinski definition) is 0. The molecular formula is C14H17N5O3. The van der Waals surface area contributed by atoms with Gasteiger partial charge in [-0.3, -0.25) is 10.1 Å². The van der Waals surface area contributed by atoms with E-state index in [1.807, 2.05) is 18.7 Å². The van der Waals surface area contributed by atoms with Crippen LogP contribution in [0.3, 0.4) is 0 Å². The second-order valence-electron chi connectivity index (χ2n) is 4.77. The Kier molecular flexibility index (Phi) is 4.72. The predicted molar refractivity (Wildman–Crippen MR) is 82.3 cm³/mol. The van der Waals surface area contributed by atoms with Crippen molar-refractivity contribution < 1.29 is 9.66 Å². The van der Waals surface area contributed by atoms with Crippen LogP contribution >= 0.6 is 0 Å². The number of hydrogen-bond acceptors (Lipinski definition) is 6. The third-order valence-electron chi connectivity index (χ3n) is 2.94. The fourth-order valence-corrected chi connectivity index (χ4v) is 1.92. The van der Waals surface area contributed by atoms with Crippen molar-refractivity contribution in [2.45, 2.75) is 6.54 Å². The minimum Gasteiger partial charge on any atom is -0.490 e. The van der Waals surface area contributed by atoms with Crippen molar-refractivity contribution >= 4 is 11.9 Å². The average molecular weight is 303 g/mol. The standard InChI is InChI=1S/C14H17N5O3/c1-17(2)16-9-14-15-6-7-18(14)10-11-4-5-13(22-3)12(8-11)19(20)21/h4-9H,10H2,1-3H3/b16-9+. The summed E-state index contributed by atoms with van der Waals surface area (Å²) in [7, 11) is 5.04. The first-order valence-corrected chi connectivity index (χ1v) is 6.55. The molecule has 0 aliphatic rings. The lowest BCUT2D eigenvalue weighted by Crippen LogP contribution is -2.07. The topological polar surface area (TPSA) is 85.8 Å². The smallest absolute Gasteiger partial charge is 0.311 e. The summed E-state index contributed by atoms with van der Waals surface area (Å²) in [6.45, 7) is 0.458. The van der Waals surface area contributed by atoms with Gasteiger partial charge in [0.1, 0.15) is 0 Å². The van der Waals surface area contributed by atoms with Gasteiger partial charge in [-0.1, -0.05) is 6.07 Å². The molecule has 116 valence electrons. The molecule has 0 atom stereocenters. The van der Waals surface area contributed by atoms with Gasteiger partial charge in [-0.2, -0.15) is 5.10 Å². The monoisotopic (exact) mass is 303 g/mol. The zero-order chi connectivity index (χ0) is 16.1. The van der Waals surface area contributed by atoms with Gasteiger partial charge in [-0.05, 0) is 11.6 Å². The van der Waals surface area contributed by atoms with Crippen molar-refractivity contribution in [2.75, 3.05) is 21.2 Å². The first kappa shape index (κ1) is 15.5. The van der Waals surface area contributed by atoms with E-state index in [1.165, 1.54) is 13.2 Å². The van der Waals surface area contributed by atoms with Crippen molar-refractivity contribution in [3.63, 3.8) is 0 Å². The van der Waals surface area contributed by atoms with E-state index in [0.717, 1.165) is 5.56 Å². The van der Waals surface area contributed by atoms with Gasteiger partial charge in [0.15, 0.2) is 11.6 Å². The number of aromatic nitrogens is 2. The molecule has 0 aliphatic heterocycles. The van der Waals surface area contributed by atoms with Crippen LogP contribution in [0.25, 0.3) is 0 Å². The average Bonchev–Trinajstić information content (AvgIpc) is 2.92. The predicted octanol–water partition coefficient (Wildman–Crippen LogP) is 1.74. The minimum absolute atomic E-state index is 0.0522. The normalized spacial score (nSPS) is 10.9. The molecule has 0 saturated carbocycles. The summed E-state index contributed by atoms with van der Waals surface area (Å²) in [5, 5.41) is 16.9. The number of nitrogens with zero attached hydrogens (tertiary/aromatic N) is 5. The Balaban J connectivity index is 2.27. The van der Waals surface area contributed by atoms with E-state index in [1.54, 1.807) is 35.7 Å². The van der Waals surface area contributed by atoms with E-state index >= 15 is 0 Å². The van der Waals surface area contributed by atoms with Gasteiger partial charge >= 0.3 is 5.69 Å². The Hall–Kier alpha value is -2.90. The largest absolute Gasteiger partial charge is 0.490 e. The molecule has 0 saturated heterocycles. The number of methoxy groups -OCH3 is 1. The van der Waals surface area contributed by atoms with Gasteiger partial charge in [0.25, 0.3) is 0 Å². The summed E-state index contributed by atoms with van der Waals surface area (Å²) in [6, 6.07) is 4.89. The fraction of sp³-hybridized carbons (Fsp3) is 0.286. The summed E-state index contributed by atoms with van der Waals surface area (Å²) in [5.41, 5.74) is 0.730. The van der Waals surface area contributed by atoms with Crippen LogP contribution in [-0.4, -0.2) is 46.9 Å². The van der Waals surface area contributed by atoms with Gasteiger partial charge in [0, 0.05) is 39.1 Å². The fourth-order valence-electron chi connectivity index (χ4n) is 1.92. The summed E-state index contributed by atoms with van der Waals surface area (Å²) in [4.78, 5) is 14.8. The maximum absolute atomic E-state index is 11.1. The SMILES string of the molecule is COc1ccc(Cn2ccnc2/C=N/N(C)C)cc1[N+](=O)[O-]. The Bertz CT molecular complexity index is 694. The Morgan fingerprint density at radius 3 is 2.91 bits per heavy atom. The Labute approximate surface area is 127 Å². The molecule has 2 rings (SSSR count). The van der Waals surface area contributed by atoms with Crippen LogP contribution in [-0.2, 0) is 6.54 Å². The van der Waals surface area contributed by atoms with Crippen LogP contribution in [0, 0.1) is 10.1 Å². The van der Waals surface area contributed by atoms with Gasteiger partial charge in [-0.25, -0.2) is 4.98 Å². The number of benzene rings is 1. The van der Waals surface area contributed by atoms with Crippen LogP contribution in [0.5, 0.6) is 5.75 Å². The molecule has 1 aromatic carbocycles. The Morgan fingerprint density at radius 1 is 1.50 bits per heavy atom. The molecule has 0 radical (unpaired) electrons. The highest BCUT2D eigenvalue weighted by molar-refractivity contribution is 5.74. The zero-order valence-corrected chi connectivity index (χ0v) is 12.6. The number of imidazole rings is 1. The van der Waals surface area contributed by atoms with Crippen molar-refractivity contribution in [3.8, 4) is 5.75 Å². The number of ether oxygens (including phenoxy) is 1. The third kappa shape index (κ3) is 3.60. The van der Waals surface area contributed by atoms with E-state index < -0.39 is 4.92 Å². The number of nitro benzene ring substituents is 1. The second-order valence-corrected chi connectivity index (χ2v) is 4.77. The first-order valence-electron chi connectivity index (χ1n) is 6.55. The molecule has 0 bridgehead atoms. The van der Waals surface area contributed by atoms with Crippen LogP contribution in [0.2, 0.25) is 0 Å². The molecule has 0 unspecified atom stereocenters. The van der Waals surface area contributed by atoms with E-state index in [0.29, 0.717) is 12.4 Å². The van der Waals surface area contributed by atoms with Crippen LogP contribution in [0.15, 0.2) is 35.7 Å². The Morgan fingerprint density at radius 2 is 2.27 bits per heavy atom. The van der Waals surface area contributed by atoms with Gasteiger partial charge in [-0.15, -0.1) is 0 Å². The molecule has 0 amide bonds. The molecular weight excluding hydrogens is 286 g/mol. The lowest BCUT2D eigenvalue weighted by molar-refractivity contribution is -0.385. The highest BCUT2D eigenvalue weighted by Crippen LogP contribution is 2.27. The molecule has 1 heterocycles. The molecule has 2 aromatic rings. The number of rotatable bonds is 6. The summed E-state index contributed by atoms with van der Waals surface area (Å²) < 4.78 is 6.86. The second kappa shape index (κ2) is 6.70. The van der Waals surface area contributed by atoms with Crippen molar-refractivity contribution in [2.24, 2.45) is 5.10 Å². The summed E-state index contributed by atoms with van der Waals surface area (Å²) in [5.74, 6) is 0.918. The molecule has 8 nitrogen and oxygen atoms in total. The zero-order valence-electron chi connectivity index (χ0n) is 12.6. The number of nitro groups is 1. The number of hydrazone groups is 1. The maximum atomic E-state index is 11.1. The molecule has 22 heavy (non-hydrogen) atoms. The van der Waals surface area contributed by atoms with Crippen molar-refractivity contribution in [1.29, 1.82) is 0 Å². The van der Waals surface area contributed by atoms with E-state index in [-0.39, 0.29) is 11.4 Å². The molecule has 0 fully saturated rings. The van der Waals surface area contributed by atoms with Crippen molar-refractivity contribution in [3.05, 3.63) is 52.1 Å². The lowest BCUT2D eigenvalue weighted by Gasteiger charge is -2.08. The first-order chi connectivity index (χ1) is 10.5.